The van der Waals surface area contributed by atoms with Crippen molar-refractivity contribution in [2.24, 2.45) is 10.9 Å². The average molecular weight is 428 g/mol. The largest absolute Gasteiger partial charge is 0.356 e. The smallest absolute Gasteiger partial charge is 0.193 e. The Labute approximate surface area is 152 Å². The Morgan fingerprint density at radius 2 is 1.86 bits per heavy atom. The van der Waals surface area contributed by atoms with Crippen molar-refractivity contribution >= 4 is 41.7 Å². The van der Waals surface area contributed by atoms with Crippen molar-refractivity contribution in [2.75, 3.05) is 58.3 Å². The lowest BCUT2D eigenvalue weighted by Gasteiger charge is -2.37. The zero-order chi connectivity index (χ0) is 14.8. The molecule has 0 radical (unpaired) electrons. The first kappa shape index (κ1) is 21.3. The molecule has 6 heteroatoms. The first-order valence-corrected chi connectivity index (χ1v) is 9.23. The maximum atomic E-state index is 4.42. The number of hydrogen-bond donors (Lipinski definition) is 1. The molecule has 0 bridgehead atoms. The first-order chi connectivity index (χ1) is 9.67. The molecule has 0 aliphatic carbocycles. The molecule has 0 aromatic heterocycles. The van der Waals surface area contributed by atoms with Crippen LogP contribution in [-0.4, -0.2) is 74.1 Å². The molecule has 1 N–H and O–H groups in total. The van der Waals surface area contributed by atoms with Crippen molar-refractivity contribution in [2.45, 2.75) is 26.7 Å². The predicted octanol–water partition coefficient (Wildman–Crippen LogP) is 2.60. The molecule has 1 fully saturated rings. The summed E-state index contributed by atoms with van der Waals surface area (Å²) in [6.45, 7) is 11.3. The Kier molecular flexibility index (Phi) is 13.0. The number of guanidine groups is 1. The van der Waals surface area contributed by atoms with E-state index in [4.69, 9.17) is 0 Å². The fraction of sp³-hybridized carbons (Fsp3) is 0.933. The van der Waals surface area contributed by atoms with E-state index < -0.39 is 0 Å². The van der Waals surface area contributed by atoms with Gasteiger partial charge in [-0.3, -0.25) is 9.89 Å². The van der Waals surface area contributed by atoms with E-state index in [2.05, 4.69) is 40.2 Å². The number of rotatable bonds is 7. The summed E-state index contributed by atoms with van der Waals surface area (Å²) < 4.78 is 0. The Morgan fingerprint density at radius 3 is 2.38 bits per heavy atom. The lowest BCUT2D eigenvalue weighted by Crippen LogP contribution is -2.53. The highest BCUT2D eigenvalue weighted by Gasteiger charge is 2.19. The third-order valence-corrected chi connectivity index (χ3v) is 4.26. The summed E-state index contributed by atoms with van der Waals surface area (Å²) in [5.41, 5.74) is 0. The van der Waals surface area contributed by atoms with Gasteiger partial charge in [0.2, 0.25) is 0 Å². The number of hydrogen-bond acceptors (Lipinski definition) is 3. The highest BCUT2D eigenvalue weighted by Crippen LogP contribution is 2.05. The van der Waals surface area contributed by atoms with Crippen LogP contribution in [-0.2, 0) is 0 Å². The van der Waals surface area contributed by atoms with Crippen LogP contribution in [0.2, 0.25) is 0 Å². The summed E-state index contributed by atoms with van der Waals surface area (Å²) >= 11 is 1.93. The van der Waals surface area contributed by atoms with Gasteiger partial charge in [0.25, 0.3) is 0 Å². The molecular weight excluding hydrogens is 395 g/mol. The zero-order valence-electron chi connectivity index (χ0n) is 14.1. The molecule has 126 valence electrons. The van der Waals surface area contributed by atoms with Crippen LogP contribution < -0.4 is 5.32 Å². The Hall–Kier alpha value is 0.310. The fourth-order valence-corrected chi connectivity index (χ4v) is 3.06. The van der Waals surface area contributed by atoms with E-state index in [1.807, 2.05) is 18.8 Å². The number of nitrogens with zero attached hydrogens (tertiary/aromatic N) is 3. The van der Waals surface area contributed by atoms with Crippen LogP contribution in [0, 0.1) is 5.92 Å². The van der Waals surface area contributed by atoms with Crippen molar-refractivity contribution in [3.05, 3.63) is 0 Å². The lowest BCUT2D eigenvalue weighted by atomic mass is 10.2. The highest BCUT2D eigenvalue weighted by molar-refractivity contribution is 14.0. The quantitative estimate of drug-likeness (QED) is 0.292. The second kappa shape index (κ2) is 12.8. The third-order valence-electron chi connectivity index (χ3n) is 3.57. The van der Waals surface area contributed by atoms with Crippen molar-refractivity contribution in [1.29, 1.82) is 0 Å². The van der Waals surface area contributed by atoms with Crippen molar-refractivity contribution in [3.8, 4) is 0 Å². The molecule has 0 aromatic carbocycles. The molecular formula is C15H33IN4S. The molecule has 4 nitrogen and oxygen atoms in total. The topological polar surface area (TPSA) is 30.9 Å². The third kappa shape index (κ3) is 9.13. The minimum atomic E-state index is 0. The van der Waals surface area contributed by atoms with Crippen molar-refractivity contribution in [1.82, 2.24) is 15.1 Å². The normalized spacial score (nSPS) is 17.0. The van der Waals surface area contributed by atoms with Gasteiger partial charge >= 0.3 is 0 Å². The standard InChI is InChI=1S/C15H32N4S.HI/c1-14(2)13-18-8-10-19(11-9-18)15(16-3)17-7-5-6-12-20-4;/h14H,5-13H2,1-4H3,(H,16,17);1H. The molecule has 21 heavy (non-hydrogen) atoms. The minimum absolute atomic E-state index is 0. The molecule has 0 unspecified atom stereocenters. The van der Waals surface area contributed by atoms with E-state index in [9.17, 15) is 0 Å². The predicted molar refractivity (Wildman–Crippen MR) is 107 cm³/mol. The van der Waals surface area contributed by atoms with Crippen LogP contribution in [0.15, 0.2) is 4.99 Å². The highest BCUT2D eigenvalue weighted by atomic mass is 127. The second-order valence-electron chi connectivity index (χ2n) is 5.86. The molecule has 1 aliphatic heterocycles. The average Bonchev–Trinajstić information content (AvgIpc) is 2.43. The van der Waals surface area contributed by atoms with Gasteiger partial charge in [0.05, 0.1) is 0 Å². The van der Waals surface area contributed by atoms with Gasteiger partial charge < -0.3 is 10.2 Å². The van der Waals surface area contributed by atoms with Gasteiger partial charge in [-0.05, 0) is 30.8 Å². The first-order valence-electron chi connectivity index (χ1n) is 7.84. The van der Waals surface area contributed by atoms with Gasteiger partial charge in [0, 0.05) is 46.3 Å². The monoisotopic (exact) mass is 428 g/mol. The Balaban J connectivity index is 0.00000400. The molecule has 1 rings (SSSR count). The second-order valence-corrected chi connectivity index (χ2v) is 6.84. The fourth-order valence-electron chi connectivity index (χ4n) is 2.56. The van der Waals surface area contributed by atoms with Gasteiger partial charge in [-0.2, -0.15) is 11.8 Å². The van der Waals surface area contributed by atoms with E-state index >= 15 is 0 Å². The summed E-state index contributed by atoms with van der Waals surface area (Å²) in [4.78, 5) is 9.38. The SMILES string of the molecule is CN=C(NCCCCSC)N1CCN(CC(C)C)CC1.I. The number of piperazine rings is 1. The summed E-state index contributed by atoms with van der Waals surface area (Å²) in [5, 5.41) is 3.50. The maximum Gasteiger partial charge on any atom is 0.193 e. The van der Waals surface area contributed by atoms with Crippen LogP contribution in [0.25, 0.3) is 0 Å². The number of halogens is 1. The Morgan fingerprint density at radius 1 is 1.19 bits per heavy atom. The summed E-state index contributed by atoms with van der Waals surface area (Å²) in [7, 11) is 1.89. The molecule has 0 aromatic rings. The van der Waals surface area contributed by atoms with Gasteiger partial charge in [-0.1, -0.05) is 13.8 Å². The number of unbranched alkanes of at least 4 members (excludes halogenated alkanes) is 1. The molecule has 0 atom stereocenters. The number of aliphatic imine (C=N–C) groups is 1. The van der Waals surface area contributed by atoms with Crippen molar-refractivity contribution in [3.63, 3.8) is 0 Å². The molecule has 1 heterocycles. The molecule has 1 aliphatic rings. The minimum Gasteiger partial charge on any atom is -0.356 e. The lowest BCUT2D eigenvalue weighted by molar-refractivity contribution is 0.164. The number of thioether (sulfide) groups is 1. The van der Waals surface area contributed by atoms with E-state index in [1.165, 1.54) is 25.1 Å². The van der Waals surface area contributed by atoms with Crippen LogP contribution in [0.5, 0.6) is 0 Å². The molecule has 0 saturated carbocycles. The van der Waals surface area contributed by atoms with E-state index in [1.54, 1.807) is 0 Å². The van der Waals surface area contributed by atoms with Crippen LogP contribution in [0.4, 0.5) is 0 Å². The van der Waals surface area contributed by atoms with Crippen molar-refractivity contribution < 1.29 is 0 Å². The zero-order valence-corrected chi connectivity index (χ0v) is 17.2. The van der Waals surface area contributed by atoms with Gasteiger partial charge in [0.15, 0.2) is 5.96 Å². The van der Waals surface area contributed by atoms with Gasteiger partial charge in [-0.15, -0.1) is 24.0 Å². The van der Waals surface area contributed by atoms with Crippen LogP contribution in [0.1, 0.15) is 26.7 Å². The maximum absolute atomic E-state index is 4.42. The molecule has 0 amide bonds. The summed E-state index contributed by atoms with van der Waals surface area (Å²) in [5.74, 6) is 3.10. The summed E-state index contributed by atoms with van der Waals surface area (Å²) in [6.07, 6.45) is 4.68. The summed E-state index contributed by atoms with van der Waals surface area (Å²) in [6, 6.07) is 0. The molecule has 1 saturated heterocycles. The van der Waals surface area contributed by atoms with Gasteiger partial charge in [0.1, 0.15) is 0 Å². The van der Waals surface area contributed by atoms with Crippen LogP contribution in [0.3, 0.4) is 0 Å². The van der Waals surface area contributed by atoms with E-state index in [0.29, 0.717) is 0 Å². The van der Waals surface area contributed by atoms with Crippen LogP contribution >= 0.6 is 35.7 Å². The molecule has 0 spiro atoms. The van der Waals surface area contributed by atoms with E-state index in [-0.39, 0.29) is 24.0 Å². The number of nitrogens with one attached hydrogen (secondary N) is 1. The van der Waals surface area contributed by atoms with E-state index in [0.717, 1.165) is 44.6 Å². The van der Waals surface area contributed by atoms with Gasteiger partial charge in [-0.25, -0.2) is 0 Å². The Bertz CT molecular complexity index is 279.